The Bertz CT molecular complexity index is 1260. The molecule has 28 heavy (non-hydrogen) atoms. The molecule has 0 unspecified atom stereocenters. The van der Waals surface area contributed by atoms with Gasteiger partial charge in [0, 0.05) is 42.1 Å². The number of ketones is 1. The van der Waals surface area contributed by atoms with Crippen LogP contribution < -0.4 is 10.9 Å². The molecule has 0 aliphatic rings. The molecule has 0 spiro atoms. The monoisotopic (exact) mass is 391 g/mol. The first-order valence-corrected chi connectivity index (χ1v) is 9.11. The van der Waals surface area contributed by atoms with Crippen LogP contribution in [-0.2, 0) is 0 Å². The summed E-state index contributed by atoms with van der Waals surface area (Å²) in [6.07, 6.45) is 4.66. The molecule has 0 aliphatic heterocycles. The first-order valence-electron chi connectivity index (χ1n) is 8.23. The molecule has 9 heteroatoms. The Hall–Kier alpha value is -3.72. The van der Waals surface area contributed by atoms with Crippen molar-refractivity contribution in [2.45, 2.75) is 0 Å². The largest absolute Gasteiger partial charge is 0.354 e. The van der Waals surface area contributed by atoms with E-state index in [1.807, 2.05) is 5.38 Å². The molecule has 4 aromatic heterocycles. The number of thiophene rings is 1. The van der Waals surface area contributed by atoms with Gasteiger partial charge in [-0.05, 0) is 29.8 Å². The number of hydrogen-bond donors (Lipinski definition) is 2. The zero-order chi connectivity index (χ0) is 19.7. The van der Waals surface area contributed by atoms with E-state index in [1.165, 1.54) is 36.7 Å². The number of hydrogen-bond acceptors (Lipinski definition) is 7. The van der Waals surface area contributed by atoms with E-state index in [1.54, 1.807) is 24.5 Å². The Kier molecular flexibility index (Phi) is 4.50. The molecule has 0 radical (unpaired) electrons. The lowest BCUT2D eigenvalue weighted by molar-refractivity contribution is 0.0958. The summed E-state index contributed by atoms with van der Waals surface area (Å²) in [6.45, 7) is 0. The zero-order valence-corrected chi connectivity index (χ0v) is 15.4. The standard InChI is InChI=1S/C19H13N5O3S/c1-20-18(26)13-8-11(4-7-22-13)16(25)15-17-14(19(27)24-23-15)12(9-28-17)10-2-5-21-6-3-10/h2-9H,1H3,(H,20,26)(H,24,27). The number of pyridine rings is 2. The molecule has 0 saturated heterocycles. The lowest BCUT2D eigenvalue weighted by Crippen LogP contribution is -2.20. The number of amides is 1. The normalized spacial score (nSPS) is 10.8. The summed E-state index contributed by atoms with van der Waals surface area (Å²) in [5.41, 5.74) is 1.66. The second-order valence-corrected chi connectivity index (χ2v) is 6.71. The van der Waals surface area contributed by atoms with Crippen LogP contribution in [0.15, 0.2) is 53.0 Å². The first-order chi connectivity index (χ1) is 13.6. The van der Waals surface area contributed by atoms with Gasteiger partial charge >= 0.3 is 0 Å². The summed E-state index contributed by atoms with van der Waals surface area (Å²) in [7, 11) is 1.48. The molecule has 0 aliphatic carbocycles. The van der Waals surface area contributed by atoms with Crippen molar-refractivity contribution in [3.63, 3.8) is 0 Å². The van der Waals surface area contributed by atoms with E-state index in [2.05, 4.69) is 25.5 Å². The lowest BCUT2D eigenvalue weighted by atomic mass is 10.0. The minimum Gasteiger partial charge on any atom is -0.354 e. The van der Waals surface area contributed by atoms with Gasteiger partial charge in [-0.25, -0.2) is 5.10 Å². The van der Waals surface area contributed by atoms with E-state index in [4.69, 9.17) is 0 Å². The maximum atomic E-state index is 13.0. The summed E-state index contributed by atoms with van der Waals surface area (Å²) in [4.78, 5) is 45.2. The van der Waals surface area contributed by atoms with E-state index < -0.39 is 11.7 Å². The summed E-state index contributed by atoms with van der Waals surface area (Å²) >= 11 is 1.27. The molecule has 1 amide bonds. The molecule has 0 bridgehead atoms. The number of carbonyl (C=O) groups excluding carboxylic acids is 2. The van der Waals surface area contributed by atoms with E-state index in [0.717, 1.165) is 5.56 Å². The van der Waals surface area contributed by atoms with E-state index in [9.17, 15) is 14.4 Å². The third-order valence-electron chi connectivity index (χ3n) is 4.19. The van der Waals surface area contributed by atoms with Crippen molar-refractivity contribution in [2.75, 3.05) is 7.05 Å². The van der Waals surface area contributed by atoms with Gasteiger partial charge in [-0.2, -0.15) is 5.10 Å². The van der Waals surface area contributed by atoms with Crippen LogP contribution in [0, 0.1) is 0 Å². The predicted molar refractivity (Wildman–Crippen MR) is 105 cm³/mol. The minimum absolute atomic E-state index is 0.119. The first kappa shape index (κ1) is 17.7. The van der Waals surface area contributed by atoms with Crippen LogP contribution in [0.2, 0.25) is 0 Å². The molecular weight excluding hydrogens is 378 g/mol. The molecule has 8 nitrogen and oxygen atoms in total. The van der Waals surface area contributed by atoms with Gasteiger partial charge < -0.3 is 5.32 Å². The molecule has 0 aromatic carbocycles. The van der Waals surface area contributed by atoms with Gasteiger partial charge in [0.25, 0.3) is 11.5 Å². The average Bonchev–Trinajstić information content (AvgIpc) is 3.20. The number of H-pyrrole nitrogens is 1. The van der Waals surface area contributed by atoms with Crippen LogP contribution in [0.25, 0.3) is 21.2 Å². The quantitative estimate of drug-likeness (QED) is 0.514. The van der Waals surface area contributed by atoms with Gasteiger partial charge in [-0.15, -0.1) is 11.3 Å². The fraction of sp³-hybridized carbons (Fsp3) is 0.0526. The number of rotatable bonds is 4. The van der Waals surface area contributed by atoms with Gasteiger partial charge in [0.1, 0.15) is 11.4 Å². The average molecular weight is 391 g/mol. The van der Waals surface area contributed by atoms with Crippen molar-refractivity contribution in [1.82, 2.24) is 25.5 Å². The minimum atomic E-state index is -0.406. The third-order valence-corrected chi connectivity index (χ3v) is 5.18. The molecule has 4 heterocycles. The van der Waals surface area contributed by atoms with Crippen molar-refractivity contribution in [1.29, 1.82) is 0 Å². The van der Waals surface area contributed by atoms with Crippen LogP contribution in [-0.4, -0.2) is 38.9 Å². The van der Waals surface area contributed by atoms with E-state index in [0.29, 0.717) is 15.6 Å². The van der Waals surface area contributed by atoms with Gasteiger partial charge in [0.05, 0.1) is 10.1 Å². The summed E-state index contributed by atoms with van der Waals surface area (Å²) in [6, 6.07) is 6.49. The lowest BCUT2D eigenvalue weighted by Gasteiger charge is -2.04. The van der Waals surface area contributed by atoms with Crippen molar-refractivity contribution in [3.05, 3.63) is 75.5 Å². The smallest absolute Gasteiger partial charge is 0.273 e. The summed E-state index contributed by atoms with van der Waals surface area (Å²) in [5.74, 6) is -0.803. The maximum Gasteiger partial charge on any atom is 0.273 e. The van der Waals surface area contributed by atoms with Crippen LogP contribution >= 0.6 is 11.3 Å². The van der Waals surface area contributed by atoms with Crippen LogP contribution in [0.3, 0.4) is 0 Å². The van der Waals surface area contributed by atoms with Gasteiger partial charge in [0.15, 0.2) is 0 Å². The second-order valence-electron chi connectivity index (χ2n) is 5.83. The zero-order valence-electron chi connectivity index (χ0n) is 14.6. The molecule has 4 rings (SSSR count). The fourth-order valence-corrected chi connectivity index (χ4v) is 3.89. The number of carbonyl (C=O) groups is 2. The molecule has 138 valence electrons. The summed E-state index contributed by atoms with van der Waals surface area (Å²) in [5, 5.41) is 11.1. The predicted octanol–water partition coefficient (Wildman–Crippen LogP) is 2.03. The van der Waals surface area contributed by atoms with Crippen molar-refractivity contribution in [2.24, 2.45) is 0 Å². The Morgan fingerprint density at radius 2 is 1.93 bits per heavy atom. The molecule has 0 saturated carbocycles. The number of aromatic nitrogens is 4. The van der Waals surface area contributed by atoms with Crippen molar-refractivity contribution in [3.8, 4) is 11.1 Å². The number of fused-ring (bicyclic) bond motifs is 1. The number of nitrogens with zero attached hydrogens (tertiary/aromatic N) is 3. The van der Waals surface area contributed by atoms with E-state index in [-0.39, 0.29) is 22.5 Å². The second kappa shape index (κ2) is 7.12. The third kappa shape index (κ3) is 2.97. The van der Waals surface area contributed by atoms with Crippen molar-refractivity contribution >= 4 is 33.1 Å². The van der Waals surface area contributed by atoms with Gasteiger partial charge in [0.2, 0.25) is 5.78 Å². The fourth-order valence-electron chi connectivity index (χ4n) is 2.83. The number of nitrogens with one attached hydrogen (secondary N) is 2. The molecule has 0 atom stereocenters. The van der Waals surface area contributed by atoms with Gasteiger partial charge in [-0.3, -0.25) is 24.4 Å². The Morgan fingerprint density at radius 1 is 1.14 bits per heavy atom. The highest BCUT2D eigenvalue weighted by Crippen LogP contribution is 2.33. The summed E-state index contributed by atoms with van der Waals surface area (Å²) < 4.78 is 0.485. The van der Waals surface area contributed by atoms with Crippen molar-refractivity contribution < 1.29 is 9.59 Å². The molecular formula is C19H13N5O3S. The SMILES string of the molecule is CNC(=O)c1cc(C(=O)c2n[nH]c(=O)c3c(-c4ccncc4)csc23)ccn1. The Labute approximate surface area is 162 Å². The van der Waals surface area contributed by atoms with Gasteiger partial charge in [-0.1, -0.05) is 0 Å². The highest BCUT2D eigenvalue weighted by Gasteiger charge is 2.21. The van der Waals surface area contributed by atoms with E-state index >= 15 is 0 Å². The molecule has 4 aromatic rings. The molecule has 0 fully saturated rings. The number of aromatic amines is 1. The topological polar surface area (TPSA) is 118 Å². The highest BCUT2D eigenvalue weighted by molar-refractivity contribution is 7.18. The molecule has 2 N–H and O–H groups in total. The maximum absolute atomic E-state index is 13.0. The van der Waals surface area contributed by atoms with Crippen LogP contribution in [0.1, 0.15) is 26.5 Å². The Balaban J connectivity index is 1.86. The highest BCUT2D eigenvalue weighted by atomic mass is 32.1. The van der Waals surface area contributed by atoms with Crippen LogP contribution in [0.5, 0.6) is 0 Å². The van der Waals surface area contributed by atoms with Crippen LogP contribution in [0.4, 0.5) is 0 Å². The Morgan fingerprint density at radius 3 is 2.68 bits per heavy atom.